The van der Waals surface area contributed by atoms with Crippen LogP contribution in [0.5, 0.6) is 5.75 Å². The fourth-order valence-corrected chi connectivity index (χ4v) is 1.85. The second kappa shape index (κ2) is 6.25. The molecule has 0 N–H and O–H groups in total. The van der Waals surface area contributed by atoms with Gasteiger partial charge in [0.05, 0.1) is 0 Å². The Morgan fingerprint density at radius 3 is 2.53 bits per heavy atom. The summed E-state index contributed by atoms with van der Waals surface area (Å²) < 4.78 is 10.1. The maximum absolute atomic E-state index is 11.4. The highest BCUT2D eigenvalue weighted by Crippen LogP contribution is 2.11. The molecule has 92 valence electrons. The molecule has 1 aliphatic rings. The van der Waals surface area contributed by atoms with Crippen LogP contribution in [0.4, 0.5) is 4.79 Å². The first-order valence-corrected chi connectivity index (χ1v) is 5.96. The fraction of sp³-hybridized carbons (Fsp3) is 0.462. The summed E-state index contributed by atoms with van der Waals surface area (Å²) in [7, 11) is 0. The fourth-order valence-electron chi connectivity index (χ4n) is 1.85. The summed E-state index contributed by atoms with van der Waals surface area (Å²) >= 11 is 0. The van der Waals surface area contributed by atoms with Gasteiger partial charge in [0.25, 0.3) is 0 Å². The van der Waals surface area contributed by atoms with E-state index in [9.17, 15) is 4.79 Å². The molecule has 1 fully saturated rings. The molecule has 0 aromatic heterocycles. The normalized spacial score (nSPS) is 16.5. The van der Waals surface area contributed by atoms with Crippen LogP contribution in [0.1, 0.15) is 19.3 Å². The third-order valence-electron chi connectivity index (χ3n) is 2.76. The number of para-hydroxylation sites is 1. The summed E-state index contributed by atoms with van der Waals surface area (Å²) in [5.41, 5.74) is 0. The number of ether oxygens (including phenoxy) is 2. The molecular formula is C13H17NO3. The van der Waals surface area contributed by atoms with E-state index in [-0.39, 0.29) is 0 Å². The number of carbonyl (C=O) groups excluding carboxylic acids is 1. The van der Waals surface area contributed by atoms with Crippen molar-refractivity contribution < 1.29 is 14.3 Å². The van der Waals surface area contributed by atoms with E-state index in [1.165, 1.54) is 19.3 Å². The van der Waals surface area contributed by atoms with E-state index in [0.29, 0.717) is 12.5 Å². The van der Waals surface area contributed by atoms with Gasteiger partial charge in [0.1, 0.15) is 12.5 Å². The molecule has 0 saturated carbocycles. The largest absolute Gasteiger partial charge is 0.515 e. The highest BCUT2D eigenvalue weighted by atomic mass is 16.7. The molecule has 0 atom stereocenters. The summed E-state index contributed by atoms with van der Waals surface area (Å²) in [6.07, 6.45) is 2.99. The van der Waals surface area contributed by atoms with Gasteiger partial charge >= 0.3 is 6.16 Å². The van der Waals surface area contributed by atoms with Gasteiger partial charge in [-0.3, -0.25) is 4.90 Å². The lowest BCUT2D eigenvalue weighted by molar-refractivity contribution is 0.0325. The molecule has 1 aromatic carbocycles. The van der Waals surface area contributed by atoms with Gasteiger partial charge < -0.3 is 9.47 Å². The summed E-state index contributed by atoms with van der Waals surface area (Å²) in [6, 6.07) is 8.94. The van der Waals surface area contributed by atoms with Gasteiger partial charge in [-0.15, -0.1) is 0 Å². The summed E-state index contributed by atoms with van der Waals surface area (Å²) in [6.45, 7) is 2.32. The molecule has 17 heavy (non-hydrogen) atoms. The molecule has 4 nitrogen and oxygen atoms in total. The number of hydrogen-bond acceptors (Lipinski definition) is 4. The van der Waals surface area contributed by atoms with E-state index in [1.807, 2.05) is 18.2 Å². The van der Waals surface area contributed by atoms with Crippen molar-refractivity contribution >= 4 is 6.16 Å². The molecule has 1 heterocycles. The lowest BCUT2D eigenvalue weighted by Gasteiger charge is -2.25. The summed E-state index contributed by atoms with van der Waals surface area (Å²) in [4.78, 5) is 13.5. The summed E-state index contributed by atoms with van der Waals surface area (Å²) in [5, 5.41) is 0. The van der Waals surface area contributed by atoms with Crippen molar-refractivity contribution in [1.82, 2.24) is 4.90 Å². The zero-order valence-corrected chi connectivity index (χ0v) is 9.80. The molecule has 0 amide bonds. The lowest BCUT2D eigenvalue weighted by Crippen LogP contribution is -2.33. The van der Waals surface area contributed by atoms with Crippen LogP contribution in [0, 0.1) is 0 Å². The maximum Gasteiger partial charge on any atom is 0.515 e. The number of carbonyl (C=O) groups is 1. The quantitative estimate of drug-likeness (QED) is 0.596. The third-order valence-corrected chi connectivity index (χ3v) is 2.76. The second-order valence-electron chi connectivity index (χ2n) is 4.12. The molecule has 1 saturated heterocycles. The van der Waals surface area contributed by atoms with Gasteiger partial charge in [-0.25, -0.2) is 4.79 Å². The van der Waals surface area contributed by atoms with Crippen molar-refractivity contribution in [1.29, 1.82) is 0 Å². The van der Waals surface area contributed by atoms with Gasteiger partial charge in [-0.1, -0.05) is 24.6 Å². The third kappa shape index (κ3) is 4.07. The zero-order chi connectivity index (χ0) is 11.9. The van der Waals surface area contributed by atoms with Crippen LogP contribution in [0.25, 0.3) is 0 Å². The molecule has 0 unspecified atom stereocenters. The van der Waals surface area contributed by atoms with E-state index < -0.39 is 6.16 Å². The van der Waals surface area contributed by atoms with E-state index >= 15 is 0 Å². The Bertz CT molecular complexity index is 347. The van der Waals surface area contributed by atoms with Crippen molar-refractivity contribution in [3.05, 3.63) is 30.3 Å². The van der Waals surface area contributed by atoms with Crippen LogP contribution in [0.2, 0.25) is 0 Å². The first-order chi connectivity index (χ1) is 8.34. The minimum absolute atomic E-state index is 0.325. The molecule has 0 radical (unpaired) electrons. The molecule has 0 spiro atoms. The Morgan fingerprint density at radius 2 is 1.82 bits per heavy atom. The Kier molecular flexibility index (Phi) is 4.38. The van der Waals surface area contributed by atoms with Crippen molar-refractivity contribution in [3.63, 3.8) is 0 Å². The average Bonchev–Trinajstić information content (AvgIpc) is 2.39. The second-order valence-corrected chi connectivity index (χ2v) is 4.12. The predicted molar refractivity (Wildman–Crippen MR) is 63.8 cm³/mol. The molecule has 0 aliphatic carbocycles. The number of likely N-dealkylation sites (tertiary alicyclic amines) is 1. The molecule has 1 aromatic rings. The van der Waals surface area contributed by atoms with Crippen LogP contribution in [-0.2, 0) is 4.74 Å². The molecular weight excluding hydrogens is 218 g/mol. The van der Waals surface area contributed by atoms with Crippen LogP contribution in [0.15, 0.2) is 30.3 Å². The topological polar surface area (TPSA) is 38.8 Å². The molecule has 1 aliphatic heterocycles. The smallest absolute Gasteiger partial charge is 0.418 e. The Balaban J connectivity index is 1.70. The first kappa shape index (κ1) is 11.9. The Labute approximate surface area is 101 Å². The number of hydrogen-bond donors (Lipinski definition) is 0. The average molecular weight is 235 g/mol. The number of rotatable bonds is 3. The van der Waals surface area contributed by atoms with Gasteiger partial charge in [0.15, 0.2) is 0 Å². The highest BCUT2D eigenvalue weighted by molar-refractivity contribution is 5.63. The van der Waals surface area contributed by atoms with Crippen LogP contribution >= 0.6 is 0 Å². The minimum atomic E-state index is -0.637. The van der Waals surface area contributed by atoms with Crippen molar-refractivity contribution in [2.24, 2.45) is 0 Å². The number of nitrogens with zero attached hydrogens (tertiary/aromatic N) is 1. The first-order valence-electron chi connectivity index (χ1n) is 5.96. The lowest BCUT2D eigenvalue weighted by atomic mass is 10.1. The zero-order valence-electron chi connectivity index (χ0n) is 9.80. The molecule has 2 rings (SSSR count). The predicted octanol–water partition coefficient (Wildman–Crippen LogP) is 2.65. The number of benzene rings is 1. The number of piperidine rings is 1. The molecule has 0 bridgehead atoms. The highest BCUT2D eigenvalue weighted by Gasteiger charge is 2.12. The molecule has 4 heteroatoms. The van der Waals surface area contributed by atoms with Crippen molar-refractivity contribution in [2.45, 2.75) is 19.3 Å². The monoisotopic (exact) mass is 235 g/mol. The standard InChI is InChI=1S/C13H17NO3/c15-13(17-12-7-3-1-4-8-12)16-11-14-9-5-2-6-10-14/h1,3-4,7-8H,2,5-6,9-11H2. The van der Waals surface area contributed by atoms with Crippen molar-refractivity contribution in [2.75, 3.05) is 19.8 Å². The van der Waals surface area contributed by atoms with Crippen LogP contribution < -0.4 is 4.74 Å². The van der Waals surface area contributed by atoms with Gasteiger partial charge in [0, 0.05) is 13.1 Å². The van der Waals surface area contributed by atoms with E-state index in [0.717, 1.165) is 13.1 Å². The maximum atomic E-state index is 11.4. The van der Waals surface area contributed by atoms with E-state index in [4.69, 9.17) is 9.47 Å². The van der Waals surface area contributed by atoms with E-state index in [2.05, 4.69) is 4.90 Å². The summed E-state index contributed by atoms with van der Waals surface area (Å²) in [5.74, 6) is 0.510. The van der Waals surface area contributed by atoms with Crippen molar-refractivity contribution in [3.8, 4) is 5.75 Å². The van der Waals surface area contributed by atoms with Crippen LogP contribution in [0.3, 0.4) is 0 Å². The Hall–Kier alpha value is -1.55. The van der Waals surface area contributed by atoms with E-state index in [1.54, 1.807) is 12.1 Å². The van der Waals surface area contributed by atoms with Gasteiger partial charge in [0.2, 0.25) is 0 Å². The van der Waals surface area contributed by atoms with Gasteiger partial charge in [-0.05, 0) is 25.0 Å². The Morgan fingerprint density at radius 1 is 1.12 bits per heavy atom. The minimum Gasteiger partial charge on any atom is -0.418 e. The SMILES string of the molecule is O=C(OCN1CCCCC1)Oc1ccccc1. The van der Waals surface area contributed by atoms with Crippen LogP contribution in [-0.4, -0.2) is 30.9 Å². The van der Waals surface area contributed by atoms with Gasteiger partial charge in [-0.2, -0.15) is 0 Å².